The van der Waals surface area contributed by atoms with E-state index in [0.29, 0.717) is 21.7 Å². The molecule has 0 spiro atoms. The highest BCUT2D eigenvalue weighted by Crippen LogP contribution is 2.24. The third-order valence-corrected chi connectivity index (χ3v) is 5.18. The number of hydrogen-bond acceptors (Lipinski definition) is 6. The Labute approximate surface area is 160 Å². The first-order valence-corrected chi connectivity index (χ1v) is 9.19. The highest BCUT2D eigenvalue weighted by Gasteiger charge is 2.17. The van der Waals surface area contributed by atoms with Crippen molar-refractivity contribution in [2.24, 2.45) is 0 Å². The highest BCUT2D eigenvalue weighted by atomic mass is 32.1. The third kappa shape index (κ3) is 2.41. The van der Waals surface area contributed by atoms with E-state index < -0.39 is 16.9 Å². The zero-order chi connectivity index (χ0) is 19.3. The van der Waals surface area contributed by atoms with E-state index in [4.69, 9.17) is 0 Å². The predicted octanol–water partition coefficient (Wildman–Crippen LogP) is 1.81. The van der Waals surface area contributed by atoms with Gasteiger partial charge in [-0.1, -0.05) is 42.5 Å². The van der Waals surface area contributed by atoms with Gasteiger partial charge in [-0.2, -0.15) is 4.98 Å². The lowest BCUT2D eigenvalue weighted by Gasteiger charge is -2.09. The first-order chi connectivity index (χ1) is 13.6. The van der Waals surface area contributed by atoms with Crippen molar-refractivity contribution in [3.63, 3.8) is 0 Å². The maximum Gasteiger partial charge on any atom is 0.352 e. The fourth-order valence-corrected chi connectivity index (χ4v) is 3.94. The van der Waals surface area contributed by atoms with Gasteiger partial charge in [0.25, 0.3) is 5.56 Å². The number of H-pyrrole nitrogens is 1. The largest absolute Gasteiger partial charge is 0.352 e. The molecule has 9 heteroatoms. The zero-order valence-corrected chi connectivity index (χ0v) is 15.0. The molecular weight excluding hydrogens is 378 g/mol. The molecule has 0 bridgehead atoms. The molecule has 2 aromatic carbocycles. The topological polar surface area (TPSA) is 102 Å². The molecule has 8 nitrogen and oxygen atoms in total. The average Bonchev–Trinajstić information content (AvgIpc) is 3.18. The number of rotatable bonds is 2. The summed E-state index contributed by atoms with van der Waals surface area (Å²) in [6.45, 7) is 0. The lowest BCUT2D eigenvalue weighted by atomic mass is 10.2. The summed E-state index contributed by atoms with van der Waals surface area (Å²) in [5.41, 5.74) is 0.0552. The van der Waals surface area contributed by atoms with Crippen LogP contribution in [-0.2, 0) is 0 Å². The van der Waals surface area contributed by atoms with Crippen LogP contribution in [0.5, 0.6) is 0 Å². The minimum absolute atomic E-state index is 0.0774. The van der Waals surface area contributed by atoms with E-state index in [1.54, 1.807) is 24.3 Å². The minimum Gasteiger partial charge on any atom is -0.268 e. The SMILES string of the molecule is O=c1nc2n(-c3nc(-c4ccccc4)cs3)c(=O)c3ccccc3n2c(=O)[nH]1. The summed E-state index contributed by atoms with van der Waals surface area (Å²) >= 11 is 1.23. The Kier molecular flexibility index (Phi) is 3.56. The van der Waals surface area contributed by atoms with Crippen LogP contribution < -0.4 is 16.9 Å². The number of thiazole rings is 1. The van der Waals surface area contributed by atoms with Gasteiger partial charge in [0.05, 0.1) is 16.6 Å². The van der Waals surface area contributed by atoms with Crippen LogP contribution in [0.1, 0.15) is 0 Å². The molecule has 3 heterocycles. The fraction of sp³-hybridized carbons (Fsp3) is 0. The van der Waals surface area contributed by atoms with Gasteiger partial charge in [-0.25, -0.2) is 23.5 Å². The van der Waals surface area contributed by atoms with Crippen molar-refractivity contribution in [1.29, 1.82) is 0 Å². The average molecular weight is 389 g/mol. The summed E-state index contributed by atoms with van der Waals surface area (Å²) in [5, 5.41) is 2.46. The molecule has 0 unspecified atom stereocenters. The van der Waals surface area contributed by atoms with Crippen LogP contribution in [-0.4, -0.2) is 23.9 Å². The van der Waals surface area contributed by atoms with Crippen LogP contribution in [0.25, 0.3) is 33.1 Å². The van der Waals surface area contributed by atoms with Crippen LogP contribution >= 0.6 is 11.3 Å². The number of nitrogens with one attached hydrogen (secondary N) is 1. The zero-order valence-electron chi connectivity index (χ0n) is 14.2. The molecule has 0 saturated heterocycles. The number of para-hydroxylation sites is 1. The highest BCUT2D eigenvalue weighted by molar-refractivity contribution is 7.12. The second kappa shape index (κ2) is 6.10. The molecule has 5 aromatic rings. The van der Waals surface area contributed by atoms with Gasteiger partial charge in [-0.15, -0.1) is 11.3 Å². The van der Waals surface area contributed by atoms with Gasteiger partial charge >= 0.3 is 11.4 Å². The van der Waals surface area contributed by atoms with E-state index in [0.717, 1.165) is 5.56 Å². The molecule has 0 aliphatic rings. The number of aromatic amines is 1. The smallest absolute Gasteiger partial charge is 0.268 e. The molecule has 1 N–H and O–H groups in total. The molecule has 0 radical (unpaired) electrons. The summed E-state index contributed by atoms with van der Waals surface area (Å²) in [5.74, 6) is -0.0774. The lowest BCUT2D eigenvalue weighted by Crippen LogP contribution is -2.34. The molecule has 5 rings (SSSR count). The van der Waals surface area contributed by atoms with Crippen molar-refractivity contribution >= 4 is 28.0 Å². The van der Waals surface area contributed by atoms with Crippen LogP contribution in [0.2, 0.25) is 0 Å². The number of aromatic nitrogens is 5. The number of nitrogens with zero attached hydrogens (tertiary/aromatic N) is 4. The van der Waals surface area contributed by atoms with Crippen molar-refractivity contribution in [2.75, 3.05) is 0 Å². The van der Waals surface area contributed by atoms with Gasteiger partial charge in [-0.05, 0) is 12.1 Å². The van der Waals surface area contributed by atoms with Gasteiger partial charge in [0, 0.05) is 10.9 Å². The van der Waals surface area contributed by atoms with Crippen LogP contribution in [0, 0.1) is 0 Å². The van der Waals surface area contributed by atoms with Gasteiger partial charge in [-0.3, -0.25) is 9.78 Å². The van der Waals surface area contributed by atoms with Crippen LogP contribution in [0.3, 0.4) is 0 Å². The third-order valence-electron chi connectivity index (χ3n) is 4.35. The molecule has 3 aromatic heterocycles. The van der Waals surface area contributed by atoms with Crippen molar-refractivity contribution < 1.29 is 0 Å². The van der Waals surface area contributed by atoms with E-state index in [9.17, 15) is 14.4 Å². The molecule has 0 saturated carbocycles. The molecule has 0 fully saturated rings. The van der Waals surface area contributed by atoms with E-state index in [2.05, 4.69) is 15.0 Å². The Bertz CT molecular complexity index is 1530. The Hall–Kier alpha value is -3.85. The van der Waals surface area contributed by atoms with E-state index in [-0.39, 0.29) is 5.78 Å². The van der Waals surface area contributed by atoms with Crippen molar-refractivity contribution in [1.82, 2.24) is 23.9 Å². The first-order valence-electron chi connectivity index (χ1n) is 8.31. The van der Waals surface area contributed by atoms with Crippen molar-refractivity contribution in [3.8, 4) is 16.4 Å². The summed E-state index contributed by atoms with van der Waals surface area (Å²) in [6, 6.07) is 16.2. The van der Waals surface area contributed by atoms with Crippen LogP contribution in [0.15, 0.2) is 74.4 Å². The predicted molar refractivity (Wildman–Crippen MR) is 106 cm³/mol. The maximum absolute atomic E-state index is 13.2. The summed E-state index contributed by atoms with van der Waals surface area (Å²) in [4.78, 5) is 48.1. The lowest BCUT2D eigenvalue weighted by molar-refractivity contribution is 0.851. The van der Waals surface area contributed by atoms with Gasteiger partial charge in [0.1, 0.15) is 0 Å². The number of fused-ring (bicyclic) bond motifs is 3. The molecular formula is C19H11N5O3S. The van der Waals surface area contributed by atoms with Gasteiger partial charge in [0.15, 0.2) is 5.13 Å². The Morgan fingerprint density at radius 3 is 2.46 bits per heavy atom. The van der Waals surface area contributed by atoms with Crippen molar-refractivity contribution in [3.05, 3.63) is 91.3 Å². The molecule has 0 atom stereocenters. The number of hydrogen-bond donors (Lipinski definition) is 1. The molecule has 136 valence electrons. The fourth-order valence-electron chi connectivity index (χ4n) is 3.12. The standard InChI is InChI=1S/C19H11N5O3S/c25-15-12-8-4-5-9-14(12)23-17(21-16(26)22-18(23)27)24(15)19-20-13(10-28-19)11-6-2-1-3-7-11/h1-10H,(H,22,26,27). The van der Waals surface area contributed by atoms with E-state index in [1.165, 1.54) is 20.3 Å². The summed E-state index contributed by atoms with van der Waals surface area (Å²) in [6.07, 6.45) is 0. The molecule has 0 aliphatic carbocycles. The first kappa shape index (κ1) is 16.3. The minimum atomic E-state index is -0.826. The quantitative estimate of drug-likeness (QED) is 0.464. The summed E-state index contributed by atoms with van der Waals surface area (Å²) < 4.78 is 2.41. The molecule has 0 amide bonds. The normalized spacial score (nSPS) is 11.3. The molecule has 0 aliphatic heterocycles. The van der Waals surface area contributed by atoms with Gasteiger partial charge < -0.3 is 0 Å². The second-order valence-corrected chi connectivity index (χ2v) is 6.86. The maximum atomic E-state index is 13.2. The van der Waals surface area contributed by atoms with Crippen LogP contribution in [0.4, 0.5) is 0 Å². The summed E-state index contributed by atoms with van der Waals surface area (Å²) in [7, 11) is 0. The number of benzene rings is 2. The van der Waals surface area contributed by atoms with Gasteiger partial charge in [0.2, 0.25) is 5.78 Å². The van der Waals surface area contributed by atoms with E-state index >= 15 is 0 Å². The monoisotopic (exact) mass is 389 g/mol. The Morgan fingerprint density at radius 2 is 1.64 bits per heavy atom. The van der Waals surface area contributed by atoms with Crippen molar-refractivity contribution in [2.45, 2.75) is 0 Å². The Balaban J connectivity index is 1.91. The Morgan fingerprint density at radius 1 is 0.893 bits per heavy atom. The van der Waals surface area contributed by atoms with E-state index in [1.807, 2.05) is 35.7 Å². The second-order valence-electron chi connectivity index (χ2n) is 6.02. The molecule has 28 heavy (non-hydrogen) atoms.